The van der Waals surface area contributed by atoms with E-state index in [0.29, 0.717) is 11.7 Å². The fourth-order valence-corrected chi connectivity index (χ4v) is 4.67. The minimum absolute atomic E-state index is 0.219. The highest BCUT2D eigenvalue weighted by molar-refractivity contribution is 6.02. The molecule has 0 N–H and O–H groups in total. The van der Waals surface area contributed by atoms with Gasteiger partial charge < -0.3 is 0 Å². The zero-order chi connectivity index (χ0) is 18.1. The van der Waals surface area contributed by atoms with Crippen molar-refractivity contribution in [1.29, 1.82) is 0 Å². The van der Waals surface area contributed by atoms with Gasteiger partial charge in [-0.05, 0) is 86.9 Å². The molecule has 2 aromatic carbocycles. The molecule has 4 rings (SSSR count). The van der Waals surface area contributed by atoms with Crippen LogP contribution in [0, 0.1) is 25.7 Å². The average molecular weight is 348 g/mol. The molecule has 2 aliphatic rings. The zero-order valence-electron chi connectivity index (χ0n) is 16.0. The molecule has 26 heavy (non-hydrogen) atoms. The second-order valence-corrected chi connectivity index (χ2v) is 8.30. The topological polar surface area (TPSA) is 20.3 Å². The number of rotatable bonds is 4. The number of carbonyl (C=O) groups excluding carboxylic acids is 1. The van der Waals surface area contributed by atoms with Crippen LogP contribution in [-0.4, -0.2) is 23.8 Å². The van der Waals surface area contributed by atoms with E-state index in [-0.39, 0.29) is 5.92 Å². The fourth-order valence-electron chi connectivity index (χ4n) is 4.67. The normalized spacial score (nSPS) is 21.2. The SMILES string of the molecule is Cc1cc2c(cc1C)C(=O)C(CC1CCN(Cc3ccccc3)CC1)C2. The maximum absolute atomic E-state index is 12.8. The van der Waals surface area contributed by atoms with Crippen molar-refractivity contribution in [3.05, 3.63) is 70.3 Å². The van der Waals surface area contributed by atoms with Gasteiger partial charge in [0.15, 0.2) is 5.78 Å². The summed E-state index contributed by atoms with van der Waals surface area (Å²) in [5, 5.41) is 0. The molecule has 1 saturated heterocycles. The molecule has 0 aromatic heterocycles. The van der Waals surface area contributed by atoms with Crippen LogP contribution in [0.5, 0.6) is 0 Å². The predicted molar refractivity (Wildman–Crippen MR) is 107 cm³/mol. The highest BCUT2D eigenvalue weighted by atomic mass is 16.1. The van der Waals surface area contributed by atoms with Crippen LogP contribution in [0.3, 0.4) is 0 Å². The Kier molecular flexibility index (Phi) is 4.95. The maximum atomic E-state index is 12.8. The van der Waals surface area contributed by atoms with Crippen molar-refractivity contribution in [3.8, 4) is 0 Å². The first-order valence-corrected chi connectivity index (χ1v) is 10.0. The molecular weight excluding hydrogens is 318 g/mol. The van der Waals surface area contributed by atoms with E-state index in [2.05, 4.69) is 61.2 Å². The lowest BCUT2D eigenvalue weighted by Gasteiger charge is -2.33. The summed E-state index contributed by atoms with van der Waals surface area (Å²) < 4.78 is 0. The number of piperidine rings is 1. The van der Waals surface area contributed by atoms with Crippen molar-refractivity contribution in [3.63, 3.8) is 0 Å². The third-order valence-corrected chi connectivity index (χ3v) is 6.40. The van der Waals surface area contributed by atoms with E-state index < -0.39 is 0 Å². The second kappa shape index (κ2) is 7.36. The molecule has 1 heterocycles. The van der Waals surface area contributed by atoms with Gasteiger partial charge in [0.2, 0.25) is 0 Å². The summed E-state index contributed by atoms with van der Waals surface area (Å²) in [5.74, 6) is 1.32. The zero-order valence-corrected chi connectivity index (χ0v) is 16.0. The standard InChI is InChI=1S/C24H29NO/c1-17-12-21-15-22(24(26)23(21)13-18(17)2)14-19-8-10-25(11-9-19)16-20-6-4-3-5-7-20/h3-7,12-13,19,22H,8-11,14-16H2,1-2H3. The number of hydrogen-bond acceptors (Lipinski definition) is 2. The number of hydrogen-bond donors (Lipinski definition) is 0. The van der Waals surface area contributed by atoms with Crippen molar-refractivity contribution < 1.29 is 4.79 Å². The van der Waals surface area contributed by atoms with Gasteiger partial charge in [0.1, 0.15) is 0 Å². The number of Topliss-reactive ketones (excluding diaryl/α,β-unsaturated/α-hetero) is 1. The molecule has 1 fully saturated rings. The van der Waals surface area contributed by atoms with Crippen LogP contribution in [0.15, 0.2) is 42.5 Å². The number of likely N-dealkylation sites (tertiary alicyclic amines) is 1. The summed E-state index contributed by atoms with van der Waals surface area (Å²) in [4.78, 5) is 15.4. The molecule has 0 amide bonds. The number of fused-ring (bicyclic) bond motifs is 1. The summed E-state index contributed by atoms with van der Waals surface area (Å²) in [7, 11) is 0. The molecule has 0 bridgehead atoms. The Hall–Kier alpha value is -1.93. The molecule has 1 atom stereocenters. The Labute approximate surface area is 157 Å². The van der Waals surface area contributed by atoms with Gasteiger partial charge >= 0.3 is 0 Å². The van der Waals surface area contributed by atoms with E-state index in [9.17, 15) is 4.79 Å². The van der Waals surface area contributed by atoms with Gasteiger partial charge in [0.25, 0.3) is 0 Å². The molecule has 136 valence electrons. The fraction of sp³-hybridized carbons (Fsp3) is 0.458. The predicted octanol–water partition coefficient (Wildman–Crippen LogP) is 4.96. The summed E-state index contributed by atoms with van der Waals surface area (Å²) in [5.41, 5.74) is 6.24. The van der Waals surface area contributed by atoms with Gasteiger partial charge in [-0.1, -0.05) is 36.4 Å². The van der Waals surface area contributed by atoms with Crippen LogP contribution in [-0.2, 0) is 13.0 Å². The Balaban J connectivity index is 1.32. The quantitative estimate of drug-likeness (QED) is 0.779. The lowest BCUT2D eigenvalue weighted by molar-refractivity contribution is 0.0895. The summed E-state index contributed by atoms with van der Waals surface area (Å²) in [6.07, 6.45) is 4.49. The molecule has 1 aliphatic heterocycles. The van der Waals surface area contributed by atoms with E-state index >= 15 is 0 Å². The van der Waals surface area contributed by atoms with E-state index in [1.807, 2.05) is 0 Å². The van der Waals surface area contributed by atoms with E-state index in [1.165, 1.54) is 35.1 Å². The Morgan fingerprint density at radius 2 is 1.69 bits per heavy atom. The highest BCUT2D eigenvalue weighted by Crippen LogP contribution is 2.35. The summed E-state index contributed by atoms with van der Waals surface area (Å²) >= 11 is 0. The first kappa shape index (κ1) is 17.5. The third-order valence-electron chi connectivity index (χ3n) is 6.40. The van der Waals surface area contributed by atoms with Crippen LogP contribution in [0.25, 0.3) is 0 Å². The van der Waals surface area contributed by atoms with Crippen LogP contribution >= 0.6 is 0 Å². The smallest absolute Gasteiger partial charge is 0.166 e. The van der Waals surface area contributed by atoms with E-state index in [4.69, 9.17) is 0 Å². The first-order valence-electron chi connectivity index (χ1n) is 10.0. The van der Waals surface area contributed by atoms with Gasteiger partial charge in [-0.25, -0.2) is 0 Å². The van der Waals surface area contributed by atoms with Crippen molar-refractivity contribution >= 4 is 5.78 Å². The molecule has 2 aromatic rings. The molecule has 2 heteroatoms. The molecule has 1 aliphatic carbocycles. The maximum Gasteiger partial charge on any atom is 0.166 e. The Bertz CT molecular complexity index is 787. The second-order valence-electron chi connectivity index (χ2n) is 8.30. The Morgan fingerprint density at radius 1 is 1.00 bits per heavy atom. The van der Waals surface area contributed by atoms with Crippen molar-refractivity contribution in [2.45, 2.75) is 46.1 Å². The number of carbonyl (C=O) groups is 1. The van der Waals surface area contributed by atoms with Gasteiger partial charge in [0, 0.05) is 18.0 Å². The van der Waals surface area contributed by atoms with Crippen LogP contribution in [0.2, 0.25) is 0 Å². The largest absolute Gasteiger partial charge is 0.299 e. The van der Waals surface area contributed by atoms with E-state index in [1.54, 1.807) is 0 Å². The lowest BCUT2D eigenvalue weighted by Crippen LogP contribution is -2.34. The molecule has 0 radical (unpaired) electrons. The minimum atomic E-state index is 0.219. The summed E-state index contributed by atoms with van der Waals surface area (Å²) in [6, 6.07) is 15.1. The summed E-state index contributed by atoms with van der Waals surface area (Å²) in [6.45, 7) is 7.63. The van der Waals surface area contributed by atoms with Gasteiger partial charge in [0.05, 0.1) is 0 Å². The van der Waals surface area contributed by atoms with Crippen LogP contribution < -0.4 is 0 Å². The van der Waals surface area contributed by atoms with Crippen molar-refractivity contribution in [2.24, 2.45) is 11.8 Å². The van der Waals surface area contributed by atoms with E-state index in [0.717, 1.165) is 38.0 Å². The number of nitrogens with zero attached hydrogens (tertiary/aromatic N) is 1. The molecule has 1 unspecified atom stereocenters. The van der Waals surface area contributed by atoms with Crippen LogP contribution in [0.4, 0.5) is 0 Å². The molecule has 0 spiro atoms. The van der Waals surface area contributed by atoms with Gasteiger partial charge in [-0.3, -0.25) is 9.69 Å². The van der Waals surface area contributed by atoms with Crippen LogP contribution in [0.1, 0.15) is 51.9 Å². The highest BCUT2D eigenvalue weighted by Gasteiger charge is 2.33. The molecule has 2 nitrogen and oxygen atoms in total. The molecular formula is C24H29NO. The first-order chi connectivity index (χ1) is 12.6. The third kappa shape index (κ3) is 3.61. The lowest BCUT2D eigenvalue weighted by atomic mass is 9.85. The number of ketones is 1. The monoisotopic (exact) mass is 347 g/mol. The van der Waals surface area contributed by atoms with Gasteiger partial charge in [-0.2, -0.15) is 0 Å². The molecule has 0 saturated carbocycles. The van der Waals surface area contributed by atoms with Gasteiger partial charge in [-0.15, -0.1) is 0 Å². The minimum Gasteiger partial charge on any atom is -0.299 e. The number of aryl methyl sites for hydroxylation is 2. The Morgan fingerprint density at radius 3 is 2.42 bits per heavy atom. The van der Waals surface area contributed by atoms with Crippen molar-refractivity contribution in [2.75, 3.05) is 13.1 Å². The number of benzene rings is 2. The van der Waals surface area contributed by atoms with Crippen molar-refractivity contribution in [1.82, 2.24) is 4.90 Å². The average Bonchev–Trinajstić information content (AvgIpc) is 2.93.